The van der Waals surface area contributed by atoms with Crippen LogP contribution in [0, 0.1) is 0 Å². The molecule has 1 aromatic carbocycles. The summed E-state index contributed by atoms with van der Waals surface area (Å²) in [5, 5.41) is 9.03. The van der Waals surface area contributed by atoms with Crippen LogP contribution in [0.15, 0.2) is 30.5 Å². The highest BCUT2D eigenvalue weighted by Crippen LogP contribution is 2.39. The van der Waals surface area contributed by atoms with Gasteiger partial charge in [0.2, 0.25) is 5.91 Å². The molecule has 2 aromatic rings. The quantitative estimate of drug-likeness (QED) is 0.902. The van der Waals surface area contributed by atoms with Gasteiger partial charge < -0.3 is 11.1 Å². The summed E-state index contributed by atoms with van der Waals surface area (Å²) >= 11 is 0. The number of nitrogens with two attached hydrogens (primary N) is 1. The van der Waals surface area contributed by atoms with Gasteiger partial charge in [-0.05, 0) is 39.2 Å². The summed E-state index contributed by atoms with van der Waals surface area (Å²) < 4.78 is 2.04. The molecule has 3 rings (SSSR count). The minimum absolute atomic E-state index is 0.212. The first-order valence-corrected chi connectivity index (χ1v) is 7.52. The molecule has 1 amide bonds. The molecular formula is C16H22N4O. The number of carbonyl (C=O) groups is 1. The number of carbonyl (C=O) groups excluding carboxylic acids is 1. The molecule has 2 unspecified atom stereocenters. The molecule has 1 aliphatic rings. The zero-order valence-electron chi connectivity index (χ0n) is 12.5. The molecule has 0 spiro atoms. The standard InChI is InChI=1S/C16H22N4O/c1-11(2)19-16(15(17)21)8-7-13(9-16)20-14-6-4-3-5-12(14)10-18-20/h3-6,10-11,13,19H,7-9H2,1-2H3,(H2,17,21). The van der Waals surface area contributed by atoms with E-state index in [-0.39, 0.29) is 18.0 Å². The van der Waals surface area contributed by atoms with E-state index < -0.39 is 5.54 Å². The number of para-hydroxylation sites is 1. The smallest absolute Gasteiger partial charge is 0.237 e. The van der Waals surface area contributed by atoms with Crippen LogP contribution in [0.5, 0.6) is 0 Å². The maximum atomic E-state index is 12.0. The second kappa shape index (κ2) is 5.15. The van der Waals surface area contributed by atoms with Gasteiger partial charge in [0.05, 0.1) is 23.3 Å². The lowest BCUT2D eigenvalue weighted by atomic mass is 9.95. The second-order valence-corrected chi connectivity index (χ2v) is 6.29. The lowest BCUT2D eigenvalue weighted by Crippen LogP contribution is -2.56. The van der Waals surface area contributed by atoms with Gasteiger partial charge in [-0.2, -0.15) is 5.10 Å². The van der Waals surface area contributed by atoms with Crippen molar-refractivity contribution in [2.24, 2.45) is 5.73 Å². The van der Waals surface area contributed by atoms with Gasteiger partial charge in [-0.15, -0.1) is 0 Å². The van der Waals surface area contributed by atoms with E-state index in [1.54, 1.807) is 0 Å². The van der Waals surface area contributed by atoms with Crippen molar-refractivity contribution < 1.29 is 4.79 Å². The van der Waals surface area contributed by atoms with E-state index in [4.69, 9.17) is 5.73 Å². The maximum absolute atomic E-state index is 12.0. The summed E-state index contributed by atoms with van der Waals surface area (Å²) in [7, 11) is 0. The third-order valence-electron chi connectivity index (χ3n) is 4.38. The highest BCUT2D eigenvalue weighted by molar-refractivity contribution is 5.85. The Balaban J connectivity index is 1.90. The molecule has 0 radical (unpaired) electrons. The molecule has 21 heavy (non-hydrogen) atoms. The second-order valence-electron chi connectivity index (χ2n) is 6.29. The molecule has 1 heterocycles. The summed E-state index contributed by atoms with van der Waals surface area (Å²) in [6, 6.07) is 8.60. The molecule has 1 aromatic heterocycles. The number of hydrogen-bond acceptors (Lipinski definition) is 3. The van der Waals surface area contributed by atoms with Crippen molar-refractivity contribution in [3.8, 4) is 0 Å². The molecule has 3 N–H and O–H groups in total. The van der Waals surface area contributed by atoms with Crippen LogP contribution < -0.4 is 11.1 Å². The van der Waals surface area contributed by atoms with Crippen LogP contribution in [-0.4, -0.2) is 27.3 Å². The fourth-order valence-corrected chi connectivity index (χ4v) is 3.49. The van der Waals surface area contributed by atoms with Crippen LogP contribution >= 0.6 is 0 Å². The highest BCUT2D eigenvalue weighted by atomic mass is 16.1. The third-order valence-corrected chi connectivity index (χ3v) is 4.38. The van der Waals surface area contributed by atoms with Gasteiger partial charge in [0.15, 0.2) is 0 Å². The van der Waals surface area contributed by atoms with E-state index in [0.717, 1.165) is 23.7 Å². The van der Waals surface area contributed by atoms with Crippen molar-refractivity contribution in [1.29, 1.82) is 0 Å². The Morgan fingerprint density at radius 2 is 2.24 bits per heavy atom. The molecule has 2 atom stereocenters. The number of rotatable bonds is 4. The van der Waals surface area contributed by atoms with Crippen LogP contribution in [0.3, 0.4) is 0 Å². The van der Waals surface area contributed by atoms with Gasteiger partial charge in [-0.3, -0.25) is 9.48 Å². The van der Waals surface area contributed by atoms with Crippen molar-refractivity contribution in [2.45, 2.75) is 50.7 Å². The first-order valence-electron chi connectivity index (χ1n) is 7.52. The minimum Gasteiger partial charge on any atom is -0.368 e. The summed E-state index contributed by atoms with van der Waals surface area (Å²) in [6.45, 7) is 4.09. The van der Waals surface area contributed by atoms with Crippen molar-refractivity contribution in [2.75, 3.05) is 0 Å². The molecule has 5 nitrogen and oxygen atoms in total. The van der Waals surface area contributed by atoms with Gasteiger partial charge in [0.25, 0.3) is 0 Å². The SMILES string of the molecule is CC(C)NC1(C(N)=O)CCC(n2ncc3ccccc32)C1. The molecule has 112 valence electrons. The lowest BCUT2D eigenvalue weighted by Gasteiger charge is -2.29. The van der Waals surface area contributed by atoms with Gasteiger partial charge in [0.1, 0.15) is 0 Å². The summed E-state index contributed by atoms with van der Waals surface area (Å²) in [4.78, 5) is 12.0. The average molecular weight is 286 g/mol. The predicted molar refractivity (Wildman–Crippen MR) is 82.8 cm³/mol. The average Bonchev–Trinajstić information content (AvgIpc) is 3.02. The fourth-order valence-electron chi connectivity index (χ4n) is 3.49. The zero-order valence-corrected chi connectivity index (χ0v) is 12.5. The molecule has 1 fully saturated rings. The number of benzene rings is 1. The maximum Gasteiger partial charge on any atom is 0.237 e. The highest BCUT2D eigenvalue weighted by Gasteiger charge is 2.45. The molecule has 0 bridgehead atoms. The Morgan fingerprint density at radius 1 is 1.48 bits per heavy atom. The molecular weight excluding hydrogens is 264 g/mol. The van der Waals surface area contributed by atoms with E-state index in [1.807, 2.05) is 36.9 Å². The Labute approximate surface area is 124 Å². The van der Waals surface area contributed by atoms with Crippen molar-refractivity contribution in [3.05, 3.63) is 30.5 Å². The monoisotopic (exact) mass is 286 g/mol. The summed E-state index contributed by atoms with van der Waals surface area (Å²) in [5.74, 6) is -0.254. The van der Waals surface area contributed by atoms with Gasteiger partial charge >= 0.3 is 0 Å². The van der Waals surface area contributed by atoms with Gasteiger partial charge in [-0.1, -0.05) is 18.2 Å². The number of hydrogen-bond donors (Lipinski definition) is 2. The number of aromatic nitrogens is 2. The van der Waals surface area contributed by atoms with E-state index in [9.17, 15) is 4.79 Å². The summed E-state index contributed by atoms with van der Waals surface area (Å²) in [5.41, 5.74) is 6.19. The van der Waals surface area contributed by atoms with Gasteiger partial charge in [0, 0.05) is 11.4 Å². The molecule has 0 aliphatic heterocycles. The van der Waals surface area contributed by atoms with Crippen LogP contribution in [0.2, 0.25) is 0 Å². The van der Waals surface area contributed by atoms with E-state index >= 15 is 0 Å². The Hall–Kier alpha value is -1.88. The van der Waals surface area contributed by atoms with E-state index in [0.29, 0.717) is 6.42 Å². The number of nitrogens with zero attached hydrogens (tertiary/aromatic N) is 2. The molecule has 1 aliphatic carbocycles. The predicted octanol–water partition coefficient (Wildman–Crippen LogP) is 1.98. The molecule has 1 saturated carbocycles. The molecule has 0 saturated heterocycles. The number of fused-ring (bicyclic) bond motifs is 1. The number of nitrogens with one attached hydrogen (secondary N) is 1. The Morgan fingerprint density at radius 3 is 2.95 bits per heavy atom. The Bertz CT molecular complexity index is 663. The Kier molecular flexibility index (Phi) is 3.45. The number of amides is 1. The van der Waals surface area contributed by atoms with Crippen molar-refractivity contribution in [3.63, 3.8) is 0 Å². The van der Waals surface area contributed by atoms with Gasteiger partial charge in [-0.25, -0.2) is 0 Å². The third kappa shape index (κ3) is 2.42. The van der Waals surface area contributed by atoms with Crippen LogP contribution in [0.25, 0.3) is 10.9 Å². The van der Waals surface area contributed by atoms with E-state index in [1.165, 1.54) is 0 Å². The van der Waals surface area contributed by atoms with E-state index in [2.05, 4.69) is 22.5 Å². The van der Waals surface area contributed by atoms with Crippen LogP contribution in [-0.2, 0) is 4.79 Å². The normalized spacial score (nSPS) is 25.8. The van der Waals surface area contributed by atoms with Crippen LogP contribution in [0.4, 0.5) is 0 Å². The van der Waals surface area contributed by atoms with Crippen LogP contribution in [0.1, 0.15) is 39.2 Å². The minimum atomic E-state index is -0.605. The van der Waals surface area contributed by atoms with Crippen molar-refractivity contribution in [1.82, 2.24) is 15.1 Å². The fraction of sp³-hybridized carbons (Fsp3) is 0.500. The largest absolute Gasteiger partial charge is 0.368 e. The zero-order chi connectivity index (χ0) is 15.0. The topological polar surface area (TPSA) is 72.9 Å². The number of primary amides is 1. The lowest BCUT2D eigenvalue weighted by molar-refractivity contribution is -0.124. The molecule has 5 heteroatoms. The summed E-state index contributed by atoms with van der Waals surface area (Å²) in [6.07, 6.45) is 4.26. The van der Waals surface area contributed by atoms with Crippen molar-refractivity contribution >= 4 is 16.8 Å². The first-order chi connectivity index (χ1) is 10.0. The first kappa shape index (κ1) is 14.1.